The first kappa shape index (κ1) is 13.4. The van der Waals surface area contributed by atoms with Crippen LogP contribution < -0.4 is 10.6 Å². The molecule has 100 valence electrons. The predicted molar refractivity (Wildman–Crippen MR) is 77.9 cm³/mol. The number of rotatable bonds is 5. The predicted octanol–water partition coefficient (Wildman–Crippen LogP) is 1.79. The Bertz CT molecular complexity index is 331. The lowest BCUT2D eigenvalue weighted by molar-refractivity contribution is 0.221. The van der Waals surface area contributed by atoms with Crippen LogP contribution in [0.25, 0.3) is 0 Å². The second-order valence-electron chi connectivity index (χ2n) is 5.31. The van der Waals surface area contributed by atoms with Gasteiger partial charge in [0.15, 0.2) is 0 Å². The monoisotopic (exact) mass is 247 g/mol. The summed E-state index contributed by atoms with van der Waals surface area (Å²) in [6.45, 7) is 8.92. The van der Waals surface area contributed by atoms with Gasteiger partial charge in [0, 0.05) is 38.4 Å². The molecule has 1 saturated heterocycles. The second-order valence-corrected chi connectivity index (χ2v) is 5.31. The first-order valence-electron chi connectivity index (χ1n) is 7.02. The molecule has 3 heteroatoms. The van der Waals surface area contributed by atoms with Gasteiger partial charge in [0.05, 0.1) is 0 Å². The fourth-order valence-corrected chi connectivity index (χ4v) is 2.64. The number of nitrogens with two attached hydrogens (primary N) is 1. The van der Waals surface area contributed by atoms with Crippen molar-refractivity contribution in [1.29, 1.82) is 0 Å². The van der Waals surface area contributed by atoms with Crippen molar-refractivity contribution in [2.75, 3.05) is 44.2 Å². The third kappa shape index (κ3) is 3.72. The van der Waals surface area contributed by atoms with Crippen molar-refractivity contribution >= 4 is 5.69 Å². The van der Waals surface area contributed by atoms with E-state index in [1.807, 2.05) is 0 Å². The molecule has 1 unspecified atom stereocenters. The van der Waals surface area contributed by atoms with Crippen LogP contribution in [0, 0.1) is 5.92 Å². The van der Waals surface area contributed by atoms with E-state index in [0.29, 0.717) is 0 Å². The molecule has 0 aliphatic carbocycles. The average Bonchev–Trinajstić information content (AvgIpc) is 2.41. The van der Waals surface area contributed by atoms with Gasteiger partial charge in [0.1, 0.15) is 0 Å². The molecule has 0 bridgehead atoms. The summed E-state index contributed by atoms with van der Waals surface area (Å²) in [4.78, 5) is 5.05. The maximum atomic E-state index is 5.61. The number of hydrogen-bond acceptors (Lipinski definition) is 3. The van der Waals surface area contributed by atoms with Gasteiger partial charge in [-0.1, -0.05) is 25.1 Å². The minimum absolute atomic E-state index is 0.721. The molecule has 1 atom stereocenters. The molecular formula is C15H25N3. The number of piperazine rings is 1. The molecule has 1 aliphatic heterocycles. The van der Waals surface area contributed by atoms with Crippen LogP contribution in [0.15, 0.2) is 30.3 Å². The first-order valence-corrected chi connectivity index (χ1v) is 7.02. The standard InChI is InChI=1S/C15H25N3/c1-14(7-8-16)13-17-9-11-18(12-10-17)15-5-3-2-4-6-15/h2-6,14H,7-13,16H2,1H3. The molecule has 1 fully saturated rings. The molecule has 0 aromatic heterocycles. The maximum Gasteiger partial charge on any atom is 0.0367 e. The Labute approximate surface area is 111 Å². The molecule has 18 heavy (non-hydrogen) atoms. The van der Waals surface area contributed by atoms with E-state index >= 15 is 0 Å². The van der Waals surface area contributed by atoms with Gasteiger partial charge in [-0.2, -0.15) is 0 Å². The van der Waals surface area contributed by atoms with Crippen LogP contribution in [0.5, 0.6) is 0 Å². The Kier molecular flexibility index (Phi) is 5.02. The number of hydrogen-bond donors (Lipinski definition) is 1. The number of nitrogens with zero attached hydrogens (tertiary/aromatic N) is 2. The number of para-hydroxylation sites is 1. The van der Waals surface area contributed by atoms with Crippen LogP contribution in [0.3, 0.4) is 0 Å². The van der Waals surface area contributed by atoms with Crippen molar-refractivity contribution in [1.82, 2.24) is 4.90 Å². The van der Waals surface area contributed by atoms with E-state index in [1.54, 1.807) is 0 Å². The fourth-order valence-electron chi connectivity index (χ4n) is 2.64. The van der Waals surface area contributed by atoms with Gasteiger partial charge in [-0.15, -0.1) is 0 Å². The van der Waals surface area contributed by atoms with E-state index in [4.69, 9.17) is 5.73 Å². The summed E-state index contributed by atoms with van der Waals surface area (Å²) >= 11 is 0. The van der Waals surface area contributed by atoms with Gasteiger partial charge in [-0.05, 0) is 31.0 Å². The molecule has 1 heterocycles. The lowest BCUT2D eigenvalue weighted by Gasteiger charge is -2.37. The van der Waals surface area contributed by atoms with Crippen LogP contribution in [0.4, 0.5) is 5.69 Å². The van der Waals surface area contributed by atoms with Crippen molar-refractivity contribution in [3.63, 3.8) is 0 Å². The Morgan fingerprint density at radius 3 is 2.39 bits per heavy atom. The normalized spacial score (nSPS) is 18.9. The minimum Gasteiger partial charge on any atom is -0.369 e. The van der Waals surface area contributed by atoms with Crippen molar-refractivity contribution in [3.8, 4) is 0 Å². The molecule has 1 aromatic carbocycles. The van der Waals surface area contributed by atoms with Crippen molar-refractivity contribution in [2.24, 2.45) is 11.7 Å². The Hall–Kier alpha value is -1.06. The largest absolute Gasteiger partial charge is 0.369 e. The molecule has 1 aliphatic rings. The van der Waals surface area contributed by atoms with Crippen LogP contribution in [-0.2, 0) is 0 Å². The summed E-state index contributed by atoms with van der Waals surface area (Å²) < 4.78 is 0. The van der Waals surface area contributed by atoms with Crippen LogP contribution in [-0.4, -0.2) is 44.2 Å². The molecule has 0 saturated carbocycles. The number of anilines is 1. The highest BCUT2D eigenvalue weighted by atomic mass is 15.3. The summed E-state index contributed by atoms with van der Waals surface area (Å²) in [5.74, 6) is 0.721. The molecule has 2 rings (SSSR count). The molecule has 0 radical (unpaired) electrons. The zero-order valence-corrected chi connectivity index (χ0v) is 11.4. The number of benzene rings is 1. The summed E-state index contributed by atoms with van der Waals surface area (Å²) in [6, 6.07) is 10.7. The van der Waals surface area contributed by atoms with Crippen molar-refractivity contribution in [3.05, 3.63) is 30.3 Å². The van der Waals surface area contributed by atoms with Crippen molar-refractivity contribution < 1.29 is 0 Å². The molecular weight excluding hydrogens is 222 g/mol. The topological polar surface area (TPSA) is 32.5 Å². The molecule has 1 aromatic rings. The third-order valence-corrected chi connectivity index (χ3v) is 3.72. The smallest absolute Gasteiger partial charge is 0.0367 e. The van der Waals surface area contributed by atoms with Gasteiger partial charge in [-0.25, -0.2) is 0 Å². The Morgan fingerprint density at radius 2 is 1.78 bits per heavy atom. The minimum atomic E-state index is 0.721. The van der Waals surface area contributed by atoms with E-state index in [9.17, 15) is 0 Å². The van der Waals surface area contributed by atoms with E-state index < -0.39 is 0 Å². The third-order valence-electron chi connectivity index (χ3n) is 3.72. The molecule has 2 N–H and O–H groups in total. The van der Waals surface area contributed by atoms with E-state index in [1.165, 1.54) is 25.3 Å². The van der Waals surface area contributed by atoms with Gasteiger partial charge in [-0.3, -0.25) is 4.90 Å². The molecule has 3 nitrogen and oxygen atoms in total. The van der Waals surface area contributed by atoms with E-state index in [0.717, 1.165) is 32.0 Å². The van der Waals surface area contributed by atoms with Crippen LogP contribution >= 0.6 is 0 Å². The highest BCUT2D eigenvalue weighted by molar-refractivity contribution is 5.46. The summed E-state index contributed by atoms with van der Waals surface area (Å²) in [5.41, 5.74) is 6.96. The molecule has 0 amide bonds. The van der Waals surface area contributed by atoms with Gasteiger partial charge < -0.3 is 10.6 Å². The van der Waals surface area contributed by atoms with Gasteiger partial charge in [0.25, 0.3) is 0 Å². The highest BCUT2D eigenvalue weighted by Gasteiger charge is 2.18. The lowest BCUT2D eigenvalue weighted by atomic mass is 10.1. The highest BCUT2D eigenvalue weighted by Crippen LogP contribution is 2.16. The average molecular weight is 247 g/mol. The van der Waals surface area contributed by atoms with Crippen LogP contribution in [0.1, 0.15) is 13.3 Å². The van der Waals surface area contributed by atoms with Gasteiger partial charge in [0.2, 0.25) is 0 Å². The lowest BCUT2D eigenvalue weighted by Crippen LogP contribution is -2.47. The fraction of sp³-hybridized carbons (Fsp3) is 0.600. The summed E-state index contributed by atoms with van der Waals surface area (Å²) in [7, 11) is 0. The quantitative estimate of drug-likeness (QED) is 0.861. The van der Waals surface area contributed by atoms with Crippen molar-refractivity contribution in [2.45, 2.75) is 13.3 Å². The summed E-state index contributed by atoms with van der Waals surface area (Å²) in [6.07, 6.45) is 1.14. The Balaban J connectivity index is 1.78. The van der Waals surface area contributed by atoms with E-state index in [-0.39, 0.29) is 0 Å². The maximum absolute atomic E-state index is 5.61. The zero-order chi connectivity index (χ0) is 12.8. The summed E-state index contributed by atoms with van der Waals surface area (Å²) in [5, 5.41) is 0. The SMILES string of the molecule is CC(CCN)CN1CCN(c2ccccc2)CC1. The van der Waals surface area contributed by atoms with Gasteiger partial charge >= 0.3 is 0 Å². The van der Waals surface area contributed by atoms with E-state index in [2.05, 4.69) is 47.1 Å². The van der Waals surface area contributed by atoms with Crippen LogP contribution in [0.2, 0.25) is 0 Å². The second kappa shape index (κ2) is 6.76. The Morgan fingerprint density at radius 1 is 1.11 bits per heavy atom. The molecule has 0 spiro atoms. The first-order chi connectivity index (χ1) is 8.79. The zero-order valence-electron chi connectivity index (χ0n) is 11.4.